The fourth-order valence-corrected chi connectivity index (χ4v) is 3.99. The van der Waals surface area contributed by atoms with Crippen molar-refractivity contribution in [3.63, 3.8) is 0 Å². The molecule has 116 valence electrons. The Morgan fingerprint density at radius 2 is 2.00 bits per heavy atom. The molecule has 0 amide bonds. The summed E-state index contributed by atoms with van der Waals surface area (Å²) in [5.74, 6) is 1.88. The maximum Gasteiger partial charge on any atom is 0.122 e. The van der Waals surface area contributed by atoms with E-state index in [4.69, 9.17) is 10.5 Å². The Morgan fingerprint density at radius 1 is 1.29 bits per heavy atom. The zero-order valence-corrected chi connectivity index (χ0v) is 13.7. The van der Waals surface area contributed by atoms with Crippen LogP contribution in [0.5, 0.6) is 5.75 Å². The Labute approximate surface area is 129 Å². The monoisotopic (exact) mass is 287 g/mol. The second-order valence-corrected chi connectivity index (χ2v) is 7.69. The molecule has 1 aromatic carbocycles. The first-order chi connectivity index (χ1) is 9.94. The van der Waals surface area contributed by atoms with Crippen LogP contribution in [-0.2, 0) is 12.0 Å². The van der Waals surface area contributed by atoms with Gasteiger partial charge in [0.15, 0.2) is 0 Å². The molecule has 0 bridgehead atoms. The average Bonchev–Trinajstić information content (AvgIpc) is 2.95. The van der Waals surface area contributed by atoms with Gasteiger partial charge in [-0.3, -0.25) is 0 Å². The van der Waals surface area contributed by atoms with Crippen LogP contribution in [0.25, 0.3) is 0 Å². The normalized spacial score (nSPS) is 29.0. The van der Waals surface area contributed by atoms with Crippen LogP contribution in [0.2, 0.25) is 0 Å². The van der Waals surface area contributed by atoms with E-state index < -0.39 is 0 Å². The van der Waals surface area contributed by atoms with E-state index in [-0.39, 0.29) is 5.54 Å². The van der Waals surface area contributed by atoms with Crippen molar-refractivity contribution in [1.82, 2.24) is 0 Å². The molecule has 1 aliphatic heterocycles. The van der Waals surface area contributed by atoms with Crippen molar-refractivity contribution in [3.8, 4) is 5.75 Å². The highest BCUT2D eigenvalue weighted by atomic mass is 16.5. The topological polar surface area (TPSA) is 35.2 Å². The summed E-state index contributed by atoms with van der Waals surface area (Å²) >= 11 is 0. The van der Waals surface area contributed by atoms with Crippen molar-refractivity contribution < 1.29 is 4.74 Å². The Balaban J connectivity index is 1.75. The van der Waals surface area contributed by atoms with Crippen molar-refractivity contribution in [1.29, 1.82) is 0 Å². The van der Waals surface area contributed by atoms with Gasteiger partial charge in [-0.05, 0) is 54.2 Å². The molecule has 21 heavy (non-hydrogen) atoms. The summed E-state index contributed by atoms with van der Waals surface area (Å²) < 4.78 is 5.61. The first-order valence-corrected chi connectivity index (χ1v) is 8.50. The third-order valence-electron chi connectivity index (χ3n) is 6.16. The van der Waals surface area contributed by atoms with Crippen LogP contribution in [0.1, 0.15) is 64.0 Å². The number of rotatable bonds is 3. The third-order valence-corrected chi connectivity index (χ3v) is 6.16. The molecule has 1 heterocycles. The molecule has 2 aliphatic rings. The highest BCUT2D eigenvalue weighted by molar-refractivity contribution is 5.42. The first kappa shape index (κ1) is 14.9. The molecule has 0 spiro atoms. The lowest BCUT2D eigenvalue weighted by atomic mass is 9.64. The Bertz CT molecular complexity index is 512. The van der Waals surface area contributed by atoms with Crippen LogP contribution in [0.4, 0.5) is 0 Å². The molecular weight excluding hydrogens is 258 g/mol. The second-order valence-electron chi connectivity index (χ2n) is 7.69. The van der Waals surface area contributed by atoms with E-state index in [0.717, 1.165) is 37.5 Å². The van der Waals surface area contributed by atoms with Crippen LogP contribution in [0.3, 0.4) is 0 Å². The zero-order valence-electron chi connectivity index (χ0n) is 13.7. The fourth-order valence-electron chi connectivity index (χ4n) is 3.99. The minimum atomic E-state index is -0.127. The molecule has 2 N–H and O–H groups in total. The molecule has 3 rings (SSSR count). The van der Waals surface area contributed by atoms with Crippen molar-refractivity contribution >= 4 is 0 Å². The predicted molar refractivity (Wildman–Crippen MR) is 87.5 cm³/mol. The Morgan fingerprint density at radius 3 is 2.67 bits per heavy atom. The van der Waals surface area contributed by atoms with E-state index in [2.05, 4.69) is 39.0 Å². The molecule has 0 unspecified atom stereocenters. The van der Waals surface area contributed by atoms with E-state index in [9.17, 15) is 0 Å². The first-order valence-electron chi connectivity index (χ1n) is 8.50. The van der Waals surface area contributed by atoms with Gasteiger partial charge in [0.2, 0.25) is 0 Å². The second kappa shape index (κ2) is 5.31. The molecule has 0 atom stereocenters. The average molecular weight is 287 g/mol. The fraction of sp³-hybridized carbons (Fsp3) is 0.684. The van der Waals surface area contributed by atoms with Crippen LogP contribution < -0.4 is 10.5 Å². The maximum absolute atomic E-state index is 6.78. The van der Waals surface area contributed by atoms with E-state index >= 15 is 0 Å². The van der Waals surface area contributed by atoms with Crippen LogP contribution >= 0.6 is 0 Å². The maximum atomic E-state index is 6.78. The van der Waals surface area contributed by atoms with Gasteiger partial charge >= 0.3 is 0 Å². The van der Waals surface area contributed by atoms with Gasteiger partial charge in [-0.2, -0.15) is 0 Å². The molecule has 0 saturated heterocycles. The molecule has 0 radical (unpaired) electrons. The number of nitrogens with two attached hydrogens (primary N) is 1. The quantitative estimate of drug-likeness (QED) is 0.894. The SMILES string of the molecule is CCC(C)(C)C1CCC(N)(c2ccc3c(c2)CCO3)CC1. The number of fused-ring (bicyclic) bond motifs is 1. The van der Waals surface area contributed by atoms with Gasteiger partial charge in [0.1, 0.15) is 5.75 Å². The Kier molecular flexibility index (Phi) is 3.77. The highest BCUT2D eigenvalue weighted by Gasteiger charge is 2.38. The van der Waals surface area contributed by atoms with Gasteiger partial charge in [-0.15, -0.1) is 0 Å². The van der Waals surface area contributed by atoms with Gasteiger partial charge in [0, 0.05) is 12.0 Å². The van der Waals surface area contributed by atoms with Gasteiger partial charge in [0.25, 0.3) is 0 Å². The van der Waals surface area contributed by atoms with E-state index in [0.29, 0.717) is 5.41 Å². The zero-order chi connectivity index (χ0) is 15.1. The minimum absolute atomic E-state index is 0.127. The number of hydrogen-bond donors (Lipinski definition) is 1. The number of ether oxygens (including phenoxy) is 1. The van der Waals surface area contributed by atoms with Crippen molar-refractivity contribution in [2.24, 2.45) is 17.1 Å². The largest absolute Gasteiger partial charge is 0.493 e. The van der Waals surface area contributed by atoms with E-state index in [1.807, 2.05) is 0 Å². The summed E-state index contributed by atoms with van der Waals surface area (Å²) in [5, 5.41) is 0. The highest BCUT2D eigenvalue weighted by Crippen LogP contribution is 2.46. The summed E-state index contributed by atoms with van der Waals surface area (Å²) in [5.41, 5.74) is 9.77. The molecule has 1 aromatic rings. The van der Waals surface area contributed by atoms with Crippen molar-refractivity contribution in [2.45, 2.75) is 64.8 Å². The molecular formula is C19H29NO. The van der Waals surface area contributed by atoms with Crippen molar-refractivity contribution in [3.05, 3.63) is 29.3 Å². The van der Waals surface area contributed by atoms with Crippen LogP contribution in [0, 0.1) is 11.3 Å². The lowest BCUT2D eigenvalue weighted by Gasteiger charge is -2.43. The molecule has 1 saturated carbocycles. The summed E-state index contributed by atoms with van der Waals surface area (Å²) in [6.07, 6.45) is 7.02. The molecule has 2 heteroatoms. The van der Waals surface area contributed by atoms with Gasteiger partial charge in [-0.25, -0.2) is 0 Å². The minimum Gasteiger partial charge on any atom is -0.493 e. The summed E-state index contributed by atoms with van der Waals surface area (Å²) in [4.78, 5) is 0. The molecule has 1 aliphatic carbocycles. The Hall–Kier alpha value is -1.02. The lowest BCUT2D eigenvalue weighted by molar-refractivity contribution is 0.115. The van der Waals surface area contributed by atoms with Gasteiger partial charge in [0.05, 0.1) is 6.61 Å². The third kappa shape index (κ3) is 2.70. The summed E-state index contributed by atoms with van der Waals surface area (Å²) in [7, 11) is 0. The standard InChI is InChI=1S/C19H29NO/c1-4-18(2,3)15-7-10-19(20,11-8-15)16-5-6-17-14(13-16)9-12-21-17/h5-6,13,15H,4,7-12,20H2,1-3H3. The molecule has 2 nitrogen and oxygen atoms in total. The van der Waals surface area contributed by atoms with Gasteiger partial charge < -0.3 is 10.5 Å². The van der Waals surface area contributed by atoms with Crippen molar-refractivity contribution in [2.75, 3.05) is 6.61 Å². The molecule has 0 aromatic heterocycles. The molecule has 1 fully saturated rings. The van der Waals surface area contributed by atoms with Crippen LogP contribution in [-0.4, -0.2) is 6.61 Å². The van der Waals surface area contributed by atoms with Gasteiger partial charge in [-0.1, -0.05) is 39.3 Å². The predicted octanol–water partition coefficient (Wildman–Crippen LogP) is 4.40. The van der Waals surface area contributed by atoms with E-state index in [1.54, 1.807) is 0 Å². The summed E-state index contributed by atoms with van der Waals surface area (Å²) in [6.45, 7) is 7.95. The number of benzene rings is 1. The van der Waals surface area contributed by atoms with Crippen LogP contribution in [0.15, 0.2) is 18.2 Å². The smallest absolute Gasteiger partial charge is 0.122 e. The summed E-state index contributed by atoms with van der Waals surface area (Å²) in [6, 6.07) is 6.61. The number of hydrogen-bond acceptors (Lipinski definition) is 2. The lowest BCUT2D eigenvalue weighted by Crippen LogP contribution is -2.42. The van der Waals surface area contributed by atoms with E-state index in [1.165, 1.54) is 30.4 Å².